The average Bonchev–Trinajstić information content (AvgIpc) is 2.94. The normalized spacial score (nSPS) is 10.9. The number of nitrogens with zero attached hydrogens (tertiary/aromatic N) is 2. The van der Waals surface area contributed by atoms with Gasteiger partial charge in [-0.3, -0.25) is 19.1 Å². The second-order valence-corrected chi connectivity index (χ2v) is 9.19. The van der Waals surface area contributed by atoms with Crippen molar-refractivity contribution in [2.45, 2.75) is 13.8 Å². The molecule has 0 atom stereocenters. The van der Waals surface area contributed by atoms with Crippen molar-refractivity contribution in [2.75, 3.05) is 19.5 Å². The summed E-state index contributed by atoms with van der Waals surface area (Å²) in [6, 6.07) is 15.9. The van der Waals surface area contributed by atoms with Crippen LogP contribution in [0.2, 0.25) is 0 Å². The minimum Gasteiger partial charge on any atom is -0.493 e. The summed E-state index contributed by atoms with van der Waals surface area (Å²) in [6.45, 7) is 3.38. The summed E-state index contributed by atoms with van der Waals surface area (Å²) in [5.41, 5.74) is 1.48. The number of carbonyl (C=O) groups excluding carboxylic acids is 1. The van der Waals surface area contributed by atoms with Crippen LogP contribution >= 0.6 is 0 Å². The van der Waals surface area contributed by atoms with E-state index in [1.54, 1.807) is 38.1 Å². The lowest BCUT2D eigenvalue weighted by molar-refractivity contribution is 0.102. The van der Waals surface area contributed by atoms with Crippen molar-refractivity contribution in [2.24, 2.45) is 0 Å². The van der Waals surface area contributed by atoms with Gasteiger partial charge in [-0.25, -0.2) is 8.78 Å². The maximum absolute atomic E-state index is 15.1. The Hall–Kier alpha value is -5.25. The third kappa shape index (κ3) is 5.31. The number of amides is 1. The fourth-order valence-corrected chi connectivity index (χ4v) is 4.49. The number of halogens is 2. The number of hydrogen-bond donors (Lipinski definition) is 1. The first-order valence-corrected chi connectivity index (χ1v) is 12.5. The number of aryl methyl sites for hydroxylation is 2. The number of hydrogen-bond acceptors (Lipinski definition) is 6. The van der Waals surface area contributed by atoms with E-state index in [1.807, 2.05) is 0 Å². The lowest BCUT2D eigenvalue weighted by atomic mass is 10.1. The van der Waals surface area contributed by atoms with Crippen LogP contribution in [-0.2, 0) is 0 Å². The Morgan fingerprint density at radius 2 is 1.61 bits per heavy atom. The highest BCUT2D eigenvalue weighted by Crippen LogP contribution is 2.37. The molecule has 0 saturated heterocycles. The lowest BCUT2D eigenvalue weighted by Crippen LogP contribution is -2.29. The molecule has 0 bridgehead atoms. The molecule has 0 unspecified atom stereocenters. The zero-order chi connectivity index (χ0) is 29.3. The van der Waals surface area contributed by atoms with Crippen LogP contribution in [0.5, 0.6) is 23.0 Å². The van der Waals surface area contributed by atoms with Crippen molar-refractivity contribution in [3.8, 4) is 28.7 Å². The van der Waals surface area contributed by atoms with Crippen molar-refractivity contribution in [3.05, 3.63) is 112 Å². The van der Waals surface area contributed by atoms with Gasteiger partial charge in [0.1, 0.15) is 17.1 Å². The number of methoxy groups -OCH3 is 2. The molecule has 0 saturated carbocycles. The first-order chi connectivity index (χ1) is 19.7. The second kappa shape index (κ2) is 11.1. The van der Waals surface area contributed by atoms with Gasteiger partial charge in [-0.05, 0) is 74.0 Å². The Bertz CT molecular complexity index is 1870. The van der Waals surface area contributed by atoms with Crippen LogP contribution in [-0.4, -0.2) is 29.7 Å². The number of carbonyl (C=O) groups is 1. The van der Waals surface area contributed by atoms with Gasteiger partial charge in [0.05, 0.1) is 25.4 Å². The average molecular weight is 558 g/mol. The smallest absolute Gasteiger partial charge is 0.268 e. The maximum Gasteiger partial charge on any atom is 0.268 e. The van der Waals surface area contributed by atoms with Crippen LogP contribution in [0.15, 0.2) is 77.7 Å². The summed E-state index contributed by atoms with van der Waals surface area (Å²) in [4.78, 5) is 30.6. The van der Waals surface area contributed by atoms with Crippen LogP contribution in [0, 0.1) is 25.5 Å². The van der Waals surface area contributed by atoms with Crippen molar-refractivity contribution < 1.29 is 27.8 Å². The number of nitrogens with one attached hydrogen (secondary N) is 1. The van der Waals surface area contributed by atoms with E-state index in [1.165, 1.54) is 61.4 Å². The summed E-state index contributed by atoms with van der Waals surface area (Å²) in [7, 11) is 3.02. The SMILES string of the molecule is COc1cc2nccc(Oc3ccc(NC(=O)c4ccc(C)n(-c5ccc(F)cc5C)c4=O)cc3F)c2cc1OC. The van der Waals surface area contributed by atoms with Gasteiger partial charge in [0, 0.05) is 35.1 Å². The molecule has 1 N–H and O–H groups in total. The van der Waals surface area contributed by atoms with E-state index in [2.05, 4.69) is 10.3 Å². The molecule has 2 heterocycles. The molecule has 0 aliphatic carbocycles. The molecular weight excluding hydrogens is 532 g/mol. The summed E-state index contributed by atoms with van der Waals surface area (Å²) in [6.07, 6.45) is 1.53. The highest BCUT2D eigenvalue weighted by molar-refractivity contribution is 6.04. The standard InChI is InChI=1S/C31H25F2N3O5/c1-17-13-19(32)6-9-25(17)36-18(2)5-8-21(31(36)38)30(37)35-20-7-10-27(23(33)14-20)41-26-11-12-34-24-16-29(40-4)28(39-3)15-22(24)26/h5-16H,1-4H3,(H,35,37). The van der Waals surface area contributed by atoms with Gasteiger partial charge in [0.2, 0.25) is 0 Å². The number of fused-ring (bicyclic) bond motifs is 1. The van der Waals surface area contributed by atoms with Gasteiger partial charge in [0.25, 0.3) is 11.5 Å². The molecule has 2 aromatic heterocycles. The van der Waals surface area contributed by atoms with Gasteiger partial charge in [-0.15, -0.1) is 0 Å². The summed E-state index contributed by atoms with van der Waals surface area (Å²) in [5.74, 6) is -0.700. The highest BCUT2D eigenvalue weighted by atomic mass is 19.1. The number of aromatic nitrogens is 2. The third-order valence-corrected chi connectivity index (χ3v) is 6.54. The summed E-state index contributed by atoms with van der Waals surface area (Å²) >= 11 is 0. The number of benzene rings is 3. The molecule has 10 heteroatoms. The fourth-order valence-electron chi connectivity index (χ4n) is 4.49. The zero-order valence-corrected chi connectivity index (χ0v) is 22.6. The predicted octanol–water partition coefficient (Wildman–Crippen LogP) is 6.34. The van der Waals surface area contributed by atoms with E-state index >= 15 is 4.39 Å². The highest BCUT2D eigenvalue weighted by Gasteiger charge is 2.18. The van der Waals surface area contributed by atoms with Crippen molar-refractivity contribution >= 4 is 22.5 Å². The molecule has 0 spiro atoms. The quantitative estimate of drug-likeness (QED) is 0.251. The molecule has 5 rings (SSSR count). The number of anilines is 1. The van der Waals surface area contributed by atoms with E-state index in [0.717, 1.165) is 6.07 Å². The molecule has 0 aliphatic rings. The molecule has 8 nitrogen and oxygen atoms in total. The van der Waals surface area contributed by atoms with Crippen molar-refractivity contribution in [1.82, 2.24) is 9.55 Å². The van der Waals surface area contributed by atoms with Gasteiger partial charge < -0.3 is 19.5 Å². The summed E-state index contributed by atoms with van der Waals surface area (Å²) < 4.78 is 46.6. The Kier molecular flexibility index (Phi) is 7.39. The van der Waals surface area contributed by atoms with E-state index in [-0.39, 0.29) is 17.0 Å². The van der Waals surface area contributed by atoms with Crippen molar-refractivity contribution in [3.63, 3.8) is 0 Å². The maximum atomic E-state index is 15.1. The van der Waals surface area contributed by atoms with Crippen LogP contribution < -0.4 is 25.1 Å². The second-order valence-electron chi connectivity index (χ2n) is 9.19. The number of ether oxygens (including phenoxy) is 3. The number of rotatable bonds is 7. The summed E-state index contributed by atoms with van der Waals surface area (Å²) in [5, 5.41) is 3.14. The van der Waals surface area contributed by atoms with Crippen LogP contribution in [0.3, 0.4) is 0 Å². The molecule has 0 aliphatic heterocycles. The predicted molar refractivity (Wildman–Crippen MR) is 151 cm³/mol. The van der Waals surface area contributed by atoms with Gasteiger partial charge >= 0.3 is 0 Å². The monoisotopic (exact) mass is 557 g/mol. The molecule has 208 valence electrons. The zero-order valence-electron chi connectivity index (χ0n) is 22.6. The first kappa shape index (κ1) is 27.3. The Labute approximate surface area is 233 Å². The Morgan fingerprint density at radius 3 is 2.32 bits per heavy atom. The molecular formula is C31H25F2N3O5. The minimum absolute atomic E-state index is 0.0882. The molecule has 1 amide bonds. The minimum atomic E-state index is -0.739. The Morgan fingerprint density at radius 1 is 0.854 bits per heavy atom. The van der Waals surface area contributed by atoms with Gasteiger partial charge in [-0.2, -0.15) is 0 Å². The molecule has 41 heavy (non-hydrogen) atoms. The van der Waals surface area contributed by atoms with Crippen molar-refractivity contribution in [1.29, 1.82) is 0 Å². The van der Waals surface area contributed by atoms with Gasteiger partial charge in [0.15, 0.2) is 23.1 Å². The number of pyridine rings is 2. The fraction of sp³-hybridized carbons (Fsp3) is 0.129. The largest absolute Gasteiger partial charge is 0.493 e. The molecule has 3 aromatic carbocycles. The van der Waals surface area contributed by atoms with E-state index in [0.29, 0.717) is 45.1 Å². The molecule has 5 aromatic rings. The van der Waals surface area contributed by atoms with Gasteiger partial charge in [-0.1, -0.05) is 0 Å². The molecule has 0 radical (unpaired) electrons. The third-order valence-electron chi connectivity index (χ3n) is 6.54. The topological polar surface area (TPSA) is 91.7 Å². The van der Waals surface area contributed by atoms with Crippen LogP contribution in [0.25, 0.3) is 16.6 Å². The van der Waals surface area contributed by atoms with E-state index < -0.39 is 23.1 Å². The Balaban J connectivity index is 1.41. The lowest BCUT2D eigenvalue weighted by Gasteiger charge is -2.15. The van der Waals surface area contributed by atoms with E-state index in [9.17, 15) is 14.0 Å². The van der Waals surface area contributed by atoms with Crippen LogP contribution in [0.4, 0.5) is 14.5 Å². The van der Waals surface area contributed by atoms with Crippen LogP contribution in [0.1, 0.15) is 21.6 Å². The molecule has 0 fully saturated rings. The van der Waals surface area contributed by atoms with E-state index in [4.69, 9.17) is 14.2 Å². The first-order valence-electron chi connectivity index (χ1n) is 12.5.